The lowest BCUT2D eigenvalue weighted by Gasteiger charge is -2.13. The van der Waals surface area contributed by atoms with Gasteiger partial charge in [0.2, 0.25) is 0 Å². The first-order valence-electron chi connectivity index (χ1n) is 8.26. The van der Waals surface area contributed by atoms with Gasteiger partial charge in [0.25, 0.3) is 5.91 Å². The lowest BCUT2D eigenvalue weighted by molar-refractivity contribution is -0.122. The molecule has 1 aliphatic rings. The van der Waals surface area contributed by atoms with Crippen LogP contribution in [0.25, 0.3) is 6.08 Å². The smallest absolute Gasteiger partial charge is 0.266 e. The van der Waals surface area contributed by atoms with Crippen LogP contribution < -0.4 is 0 Å². The number of aliphatic hydroxyl groups excluding tert-OH is 1. The van der Waals surface area contributed by atoms with Gasteiger partial charge in [0.05, 0.1) is 17.2 Å². The third kappa shape index (κ3) is 4.18. The van der Waals surface area contributed by atoms with Crippen LogP contribution >= 0.6 is 11.8 Å². The molecule has 1 heterocycles. The lowest BCUT2D eigenvalue weighted by Crippen LogP contribution is -2.29. The number of hydrogen-bond donors (Lipinski definition) is 1. The second-order valence-electron chi connectivity index (χ2n) is 5.70. The van der Waals surface area contributed by atoms with Crippen LogP contribution in [-0.2, 0) is 11.4 Å². The van der Waals surface area contributed by atoms with Crippen molar-refractivity contribution >= 4 is 34.6 Å². The average molecular weight is 352 g/mol. The Kier molecular flexibility index (Phi) is 5.68. The van der Waals surface area contributed by atoms with E-state index in [-0.39, 0.29) is 12.5 Å². The molecule has 3 rings (SSSR count). The second-order valence-corrected chi connectivity index (χ2v) is 6.71. The Morgan fingerprint density at radius 2 is 1.84 bits per heavy atom. The number of thioether (sulfide) groups is 1. The van der Waals surface area contributed by atoms with E-state index in [2.05, 4.69) is 4.99 Å². The topological polar surface area (TPSA) is 52.9 Å². The Morgan fingerprint density at radius 3 is 2.48 bits per heavy atom. The van der Waals surface area contributed by atoms with Crippen molar-refractivity contribution in [2.45, 2.75) is 20.0 Å². The molecule has 0 atom stereocenters. The highest BCUT2D eigenvalue weighted by molar-refractivity contribution is 8.18. The van der Waals surface area contributed by atoms with E-state index in [1.165, 1.54) is 11.8 Å². The molecule has 25 heavy (non-hydrogen) atoms. The van der Waals surface area contributed by atoms with Gasteiger partial charge in [-0.3, -0.25) is 9.69 Å². The third-order valence-electron chi connectivity index (χ3n) is 3.78. The molecule has 0 unspecified atom stereocenters. The molecule has 1 aliphatic heterocycles. The van der Waals surface area contributed by atoms with Gasteiger partial charge in [-0.2, -0.15) is 0 Å². The van der Waals surface area contributed by atoms with Gasteiger partial charge in [-0.1, -0.05) is 49.4 Å². The SMILES string of the molecule is CCCN1C(=O)/C(=C/c2ccc(CO)cc2)SC1=Nc1ccccc1. The first kappa shape index (κ1) is 17.5. The van der Waals surface area contributed by atoms with Gasteiger partial charge in [-0.15, -0.1) is 0 Å². The molecule has 0 spiro atoms. The number of carbonyl (C=O) groups excluding carboxylic acids is 1. The van der Waals surface area contributed by atoms with Crippen LogP contribution in [0.5, 0.6) is 0 Å². The van der Waals surface area contributed by atoms with Gasteiger partial charge < -0.3 is 5.11 Å². The van der Waals surface area contributed by atoms with Gasteiger partial charge in [-0.05, 0) is 47.5 Å². The number of aliphatic imine (C=N–C) groups is 1. The zero-order valence-corrected chi connectivity index (χ0v) is 14.9. The normalized spacial score (nSPS) is 17.7. The Morgan fingerprint density at radius 1 is 1.12 bits per heavy atom. The molecule has 2 aromatic carbocycles. The lowest BCUT2D eigenvalue weighted by atomic mass is 10.1. The minimum Gasteiger partial charge on any atom is -0.392 e. The fourth-order valence-electron chi connectivity index (χ4n) is 2.50. The molecule has 5 heteroatoms. The van der Waals surface area contributed by atoms with Crippen LogP contribution in [0.1, 0.15) is 24.5 Å². The van der Waals surface area contributed by atoms with Crippen molar-refractivity contribution < 1.29 is 9.90 Å². The number of carbonyl (C=O) groups is 1. The largest absolute Gasteiger partial charge is 0.392 e. The maximum atomic E-state index is 12.7. The van der Waals surface area contributed by atoms with Gasteiger partial charge in [0.1, 0.15) is 0 Å². The highest BCUT2D eigenvalue weighted by atomic mass is 32.2. The molecule has 0 bridgehead atoms. The first-order valence-corrected chi connectivity index (χ1v) is 9.08. The fraction of sp³-hybridized carbons (Fsp3) is 0.200. The van der Waals surface area contributed by atoms with Crippen molar-refractivity contribution in [1.82, 2.24) is 4.90 Å². The van der Waals surface area contributed by atoms with Crippen molar-refractivity contribution in [3.63, 3.8) is 0 Å². The molecule has 0 aliphatic carbocycles. The van der Waals surface area contributed by atoms with Crippen molar-refractivity contribution in [2.24, 2.45) is 4.99 Å². The van der Waals surface area contributed by atoms with E-state index >= 15 is 0 Å². The number of aliphatic hydroxyl groups is 1. The standard InChI is InChI=1S/C20H20N2O2S/c1-2-12-22-19(24)18(13-15-8-10-16(14-23)11-9-15)25-20(22)21-17-6-4-3-5-7-17/h3-11,13,23H,2,12,14H2,1H3/b18-13-,21-20?. The summed E-state index contributed by atoms with van der Waals surface area (Å²) in [6.07, 6.45) is 2.75. The Balaban J connectivity index is 1.89. The van der Waals surface area contributed by atoms with Crippen LogP contribution in [0, 0.1) is 0 Å². The Bertz CT molecular complexity index is 798. The third-order valence-corrected chi connectivity index (χ3v) is 4.78. The second kappa shape index (κ2) is 8.14. The maximum absolute atomic E-state index is 12.7. The van der Waals surface area contributed by atoms with Gasteiger partial charge in [0, 0.05) is 6.54 Å². The number of benzene rings is 2. The number of amides is 1. The summed E-state index contributed by atoms with van der Waals surface area (Å²) in [6.45, 7) is 2.72. The number of para-hydroxylation sites is 1. The van der Waals surface area contributed by atoms with E-state index in [0.717, 1.165) is 28.4 Å². The van der Waals surface area contributed by atoms with Crippen LogP contribution in [0.15, 0.2) is 64.5 Å². The molecular weight excluding hydrogens is 332 g/mol. The zero-order chi connectivity index (χ0) is 17.6. The first-order chi connectivity index (χ1) is 12.2. The van der Waals surface area contributed by atoms with Gasteiger partial charge >= 0.3 is 0 Å². The quantitative estimate of drug-likeness (QED) is 0.821. The van der Waals surface area contributed by atoms with E-state index in [0.29, 0.717) is 11.4 Å². The molecule has 128 valence electrons. The Hall–Kier alpha value is -2.37. The maximum Gasteiger partial charge on any atom is 0.266 e. The number of nitrogens with zero attached hydrogens (tertiary/aromatic N) is 2. The zero-order valence-electron chi connectivity index (χ0n) is 14.1. The van der Waals surface area contributed by atoms with E-state index in [1.54, 1.807) is 4.90 Å². The van der Waals surface area contributed by atoms with Crippen LogP contribution in [0.2, 0.25) is 0 Å². The molecule has 4 nitrogen and oxygen atoms in total. The summed E-state index contributed by atoms with van der Waals surface area (Å²) in [5.41, 5.74) is 2.63. The van der Waals surface area contributed by atoms with Crippen molar-refractivity contribution in [2.75, 3.05) is 6.54 Å². The van der Waals surface area contributed by atoms with E-state index in [4.69, 9.17) is 5.11 Å². The summed E-state index contributed by atoms with van der Waals surface area (Å²) in [7, 11) is 0. The summed E-state index contributed by atoms with van der Waals surface area (Å²) >= 11 is 1.40. The molecule has 1 amide bonds. The molecule has 1 N–H and O–H groups in total. The van der Waals surface area contributed by atoms with Gasteiger partial charge in [0.15, 0.2) is 5.17 Å². The average Bonchev–Trinajstić information content (AvgIpc) is 2.92. The molecule has 1 fully saturated rings. The molecule has 0 radical (unpaired) electrons. The number of rotatable bonds is 5. The van der Waals surface area contributed by atoms with E-state index in [9.17, 15) is 4.79 Å². The summed E-state index contributed by atoms with van der Waals surface area (Å²) < 4.78 is 0. The van der Waals surface area contributed by atoms with Crippen LogP contribution in [0.4, 0.5) is 5.69 Å². The summed E-state index contributed by atoms with van der Waals surface area (Å²) in [4.78, 5) is 19.8. The summed E-state index contributed by atoms with van der Waals surface area (Å²) in [5, 5.41) is 9.85. The van der Waals surface area contributed by atoms with E-state index in [1.807, 2.05) is 67.6 Å². The van der Waals surface area contributed by atoms with Crippen molar-refractivity contribution in [1.29, 1.82) is 0 Å². The molecule has 2 aromatic rings. The van der Waals surface area contributed by atoms with E-state index < -0.39 is 0 Å². The van der Waals surface area contributed by atoms with Crippen LogP contribution in [0.3, 0.4) is 0 Å². The van der Waals surface area contributed by atoms with Crippen LogP contribution in [-0.4, -0.2) is 27.6 Å². The van der Waals surface area contributed by atoms with Gasteiger partial charge in [-0.25, -0.2) is 4.99 Å². The minimum atomic E-state index is -0.00670. The molecular formula is C20H20N2O2S. The Labute approximate surface area is 151 Å². The molecule has 1 saturated heterocycles. The number of amidine groups is 1. The number of hydrogen-bond acceptors (Lipinski definition) is 4. The summed E-state index contributed by atoms with van der Waals surface area (Å²) in [6, 6.07) is 17.2. The predicted molar refractivity (Wildman–Crippen MR) is 103 cm³/mol. The summed E-state index contributed by atoms with van der Waals surface area (Å²) in [5.74, 6) is -0.00670. The highest BCUT2D eigenvalue weighted by Crippen LogP contribution is 2.34. The predicted octanol–water partition coefficient (Wildman–Crippen LogP) is 4.19. The molecule has 0 saturated carbocycles. The van der Waals surface area contributed by atoms with Crippen molar-refractivity contribution in [3.05, 3.63) is 70.6 Å². The van der Waals surface area contributed by atoms with Crippen molar-refractivity contribution in [3.8, 4) is 0 Å². The molecule has 0 aromatic heterocycles. The minimum absolute atomic E-state index is 0.00670. The monoisotopic (exact) mass is 352 g/mol. The fourth-order valence-corrected chi connectivity index (χ4v) is 3.52. The highest BCUT2D eigenvalue weighted by Gasteiger charge is 2.32.